The molecule has 0 bridgehead atoms. The number of rotatable bonds is 5. The molecule has 0 saturated heterocycles. The van der Waals surface area contributed by atoms with E-state index in [0.717, 1.165) is 42.5 Å². The van der Waals surface area contributed by atoms with Crippen LogP contribution in [0.2, 0.25) is 0 Å². The highest BCUT2D eigenvalue weighted by molar-refractivity contribution is 5.99. The van der Waals surface area contributed by atoms with Crippen molar-refractivity contribution < 1.29 is 4.79 Å². The first-order valence-corrected chi connectivity index (χ1v) is 10.2. The van der Waals surface area contributed by atoms with E-state index >= 15 is 0 Å². The number of nitrogens with one attached hydrogen (secondary N) is 2. The van der Waals surface area contributed by atoms with Crippen LogP contribution in [0.25, 0.3) is 11.4 Å². The lowest BCUT2D eigenvalue weighted by Gasteiger charge is -2.37. The number of hydrogen-bond acceptors (Lipinski definition) is 4. The number of carbonyl (C=O) groups excluding carboxylic acids is 1. The summed E-state index contributed by atoms with van der Waals surface area (Å²) in [6, 6.07) is 15.9. The van der Waals surface area contributed by atoms with Gasteiger partial charge in [0.05, 0.1) is 12.0 Å². The molecule has 150 valence electrons. The average molecular weight is 390 g/mol. The molecule has 0 atom stereocenters. The van der Waals surface area contributed by atoms with Gasteiger partial charge in [-0.3, -0.25) is 9.89 Å². The molecule has 1 heterocycles. The van der Waals surface area contributed by atoms with Crippen LogP contribution >= 0.6 is 0 Å². The lowest BCUT2D eigenvalue weighted by molar-refractivity contribution is -0.122. The van der Waals surface area contributed by atoms with E-state index in [1.807, 2.05) is 36.4 Å². The molecule has 4 N–H and O–H groups in total. The standard InChI is InChI=1S/C23H27N5O/c1-16-7-3-4-8-19(16)23(13-5-2-6-14-23)22(29)25-18-11-9-17(10-12-18)21-26-20(15-24)27-28-21/h3-4,7-12H,2,5-6,13-15,24H2,1H3,(H,25,29)(H,26,27,28). The summed E-state index contributed by atoms with van der Waals surface area (Å²) < 4.78 is 0. The molecule has 1 fully saturated rings. The fourth-order valence-electron chi connectivity index (χ4n) is 4.35. The SMILES string of the molecule is Cc1ccccc1C1(C(=O)Nc2ccc(-c3n[nH]c(CN)n3)cc2)CCCCC1. The number of hydrogen-bond donors (Lipinski definition) is 3. The largest absolute Gasteiger partial charge is 0.325 e. The second kappa shape index (κ2) is 8.17. The monoisotopic (exact) mass is 389 g/mol. The Hall–Kier alpha value is -2.99. The summed E-state index contributed by atoms with van der Waals surface area (Å²) in [5.41, 5.74) is 9.13. The predicted octanol–water partition coefficient (Wildman–Crippen LogP) is 4.08. The molecule has 6 heteroatoms. The van der Waals surface area contributed by atoms with Crippen molar-refractivity contribution in [3.63, 3.8) is 0 Å². The van der Waals surface area contributed by atoms with Crippen LogP contribution in [0.15, 0.2) is 48.5 Å². The van der Waals surface area contributed by atoms with Crippen LogP contribution in [0, 0.1) is 6.92 Å². The fourth-order valence-corrected chi connectivity index (χ4v) is 4.35. The van der Waals surface area contributed by atoms with E-state index in [1.165, 1.54) is 12.0 Å². The molecule has 0 radical (unpaired) electrons. The number of nitrogens with two attached hydrogens (primary N) is 1. The van der Waals surface area contributed by atoms with Crippen molar-refractivity contribution >= 4 is 11.6 Å². The van der Waals surface area contributed by atoms with E-state index in [4.69, 9.17) is 5.73 Å². The van der Waals surface area contributed by atoms with Gasteiger partial charge < -0.3 is 11.1 Å². The van der Waals surface area contributed by atoms with Gasteiger partial charge in [0.1, 0.15) is 5.82 Å². The summed E-state index contributed by atoms with van der Waals surface area (Å²) in [5.74, 6) is 1.34. The third-order valence-electron chi connectivity index (χ3n) is 5.93. The molecule has 4 rings (SSSR count). The molecule has 1 aromatic heterocycles. The Morgan fingerprint density at radius 2 is 1.83 bits per heavy atom. The summed E-state index contributed by atoms with van der Waals surface area (Å²) in [5, 5.41) is 10.2. The van der Waals surface area contributed by atoms with Gasteiger partial charge in [0.25, 0.3) is 0 Å². The van der Waals surface area contributed by atoms with Gasteiger partial charge in [-0.2, -0.15) is 5.10 Å². The molecule has 2 aromatic carbocycles. The molecule has 1 aliphatic rings. The Bertz CT molecular complexity index is 987. The summed E-state index contributed by atoms with van der Waals surface area (Å²) in [7, 11) is 0. The second-order valence-electron chi connectivity index (χ2n) is 7.80. The van der Waals surface area contributed by atoms with E-state index in [0.29, 0.717) is 18.2 Å². The zero-order chi connectivity index (χ0) is 20.3. The Labute approximate surface area is 170 Å². The van der Waals surface area contributed by atoms with Gasteiger partial charge in [-0.25, -0.2) is 4.98 Å². The lowest BCUT2D eigenvalue weighted by atomic mass is 9.67. The zero-order valence-corrected chi connectivity index (χ0v) is 16.7. The van der Waals surface area contributed by atoms with Crippen LogP contribution in [0.4, 0.5) is 5.69 Å². The number of anilines is 1. The van der Waals surface area contributed by atoms with Crippen molar-refractivity contribution in [1.29, 1.82) is 0 Å². The number of aromatic amines is 1. The van der Waals surface area contributed by atoms with Crippen molar-refractivity contribution in [2.24, 2.45) is 5.73 Å². The summed E-state index contributed by atoms with van der Waals surface area (Å²) in [6.45, 7) is 2.42. The van der Waals surface area contributed by atoms with Crippen molar-refractivity contribution in [2.45, 2.75) is 51.0 Å². The smallest absolute Gasteiger partial charge is 0.235 e. The topological polar surface area (TPSA) is 96.7 Å². The van der Waals surface area contributed by atoms with Gasteiger partial charge in [0.2, 0.25) is 5.91 Å². The number of H-pyrrole nitrogens is 1. The van der Waals surface area contributed by atoms with E-state index in [1.54, 1.807) is 0 Å². The first-order chi connectivity index (χ1) is 14.1. The van der Waals surface area contributed by atoms with Crippen LogP contribution in [-0.4, -0.2) is 21.1 Å². The maximum atomic E-state index is 13.5. The fraction of sp³-hybridized carbons (Fsp3) is 0.348. The Morgan fingerprint density at radius 3 is 2.48 bits per heavy atom. The summed E-state index contributed by atoms with van der Waals surface area (Å²) >= 11 is 0. The Morgan fingerprint density at radius 1 is 1.10 bits per heavy atom. The highest BCUT2D eigenvalue weighted by Gasteiger charge is 2.41. The van der Waals surface area contributed by atoms with Gasteiger partial charge in [-0.1, -0.05) is 43.5 Å². The quantitative estimate of drug-likeness (QED) is 0.612. The molecule has 1 aliphatic carbocycles. The predicted molar refractivity (Wildman–Crippen MR) is 114 cm³/mol. The van der Waals surface area contributed by atoms with Gasteiger partial charge in [-0.15, -0.1) is 0 Å². The Balaban J connectivity index is 1.57. The molecular formula is C23H27N5O. The van der Waals surface area contributed by atoms with E-state index in [-0.39, 0.29) is 5.91 Å². The number of amides is 1. The van der Waals surface area contributed by atoms with E-state index < -0.39 is 5.41 Å². The molecular weight excluding hydrogens is 362 g/mol. The molecule has 0 unspecified atom stereocenters. The highest BCUT2D eigenvalue weighted by Crippen LogP contribution is 2.41. The molecule has 29 heavy (non-hydrogen) atoms. The van der Waals surface area contributed by atoms with Crippen molar-refractivity contribution in [2.75, 3.05) is 5.32 Å². The number of aryl methyl sites for hydroxylation is 1. The maximum absolute atomic E-state index is 13.5. The van der Waals surface area contributed by atoms with Crippen molar-refractivity contribution in [3.05, 3.63) is 65.5 Å². The minimum absolute atomic E-state index is 0.0857. The number of benzene rings is 2. The van der Waals surface area contributed by atoms with Crippen LogP contribution < -0.4 is 11.1 Å². The molecule has 1 amide bonds. The van der Waals surface area contributed by atoms with E-state index in [2.05, 4.69) is 39.6 Å². The number of nitrogens with zero attached hydrogens (tertiary/aromatic N) is 2. The van der Waals surface area contributed by atoms with E-state index in [9.17, 15) is 4.79 Å². The second-order valence-corrected chi connectivity index (χ2v) is 7.80. The third-order valence-corrected chi connectivity index (χ3v) is 5.93. The minimum Gasteiger partial charge on any atom is -0.325 e. The van der Waals surface area contributed by atoms with Gasteiger partial charge in [0, 0.05) is 11.3 Å². The molecule has 0 aliphatic heterocycles. The average Bonchev–Trinajstić information content (AvgIpc) is 3.24. The minimum atomic E-state index is -0.456. The maximum Gasteiger partial charge on any atom is 0.235 e. The first-order valence-electron chi connectivity index (χ1n) is 10.2. The lowest BCUT2D eigenvalue weighted by Crippen LogP contribution is -2.42. The van der Waals surface area contributed by atoms with Gasteiger partial charge in [0.15, 0.2) is 5.82 Å². The molecule has 1 saturated carbocycles. The zero-order valence-electron chi connectivity index (χ0n) is 16.7. The van der Waals surface area contributed by atoms with Crippen LogP contribution in [0.5, 0.6) is 0 Å². The first kappa shape index (κ1) is 19.3. The van der Waals surface area contributed by atoms with Crippen LogP contribution in [-0.2, 0) is 16.8 Å². The summed E-state index contributed by atoms with van der Waals surface area (Å²) in [4.78, 5) is 17.8. The number of aromatic nitrogens is 3. The molecule has 0 spiro atoms. The highest BCUT2D eigenvalue weighted by atomic mass is 16.2. The van der Waals surface area contributed by atoms with Gasteiger partial charge in [-0.05, 0) is 55.2 Å². The van der Waals surface area contributed by atoms with Gasteiger partial charge >= 0.3 is 0 Å². The molecule has 3 aromatic rings. The van der Waals surface area contributed by atoms with Crippen molar-refractivity contribution in [3.8, 4) is 11.4 Å². The number of carbonyl (C=O) groups is 1. The third kappa shape index (κ3) is 3.80. The Kier molecular flexibility index (Phi) is 5.45. The summed E-state index contributed by atoms with van der Waals surface area (Å²) in [6.07, 6.45) is 5.13. The normalized spacial score (nSPS) is 15.8. The van der Waals surface area contributed by atoms with Crippen LogP contribution in [0.1, 0.15) is 49.1 Å². The van der Waals surface area contributed by atoms with Crippen molar-refractivity contribution in [1.82, 2.24) is 15.2 Å². The van der Waals surface area contributed by atoms with Crippen LogP contribution in [0.3, 0.4) is 0 Å². The molecule has 6 nitrogen and oxygen atoms in total.